The molecule has 1 unspecified atom stereocenters. The molecule has 0 aliphatic carbocycles. The van der Waals surface area contributed by atoms with Crippen molar-refractivity contribution in [3.05, 3.63) is 39.9 Å². The molecule has 4 nitrogen and oxygen atoms in total. The summed E-state index contributed by atoms with van der Waals surface area (Å²) >= 11 is 0. The number of nitrogens with zero attached hydrogens (tertiary/aromatic N) is 2. The molecule has 0 bridgehead atoms. The van der Waals surface area contributed by atoms with E-state index in [1.54, 1.807) is 12.1 Å². The second-order valence-corrected chi connectivity index (χ2v) is 3.75. The highest BCUT2D eigenvalue weighted by atomic mass is 16.6. The summed E-state index contributed by atoms with van der Waals surface area (Å²) in [5.74, 6) is 0. The monoisotopic (exact) mass is 222 g/mol. The zero-order chi connectivity index (χ0) is 12.1. The zero-order valence-corrected chi connectivity index (χ0v) is 10.0. The van der Waals surface area contributed by atoms with Crippen LogP contribution in [0.3, 0.4) is 0 Å². The van der Waals surface area contributed by atoms with Crippen LogP contribution in [0.4, 0.5) is 5.69 Å². The van der Waals surface area contributed by atoms with E-state index in [1.165, 1.54) is 0 Å². The number of hydrogen-bond donors (Lipinski definition) is 0. The molecule has 88 valence electrons. The minimum absolute atomic E-state index is 0.149. The lowest BCUT2D eigenvalue weighted by molar-refractivity contribution is -0.384. The molecule has 0 fully saturated rings. The molecule has 1 atom stereocenters. The summed E-state index contributed by atoms with van der Waals surface area (Å²) in [6.45, 7) is 8.31. The Morgan fingerprint density at radius 3 is 2.12 bits per heavy atom. The Balaban J connectivity index is 2.84. The maximum absolute atomic E-state index is 10.5. The van der Waals surface area contributed by atoms with Crippen LogP contribution in [0.15, 0.2) is 24.3 Å². The van der Waals surface area contributed by atoms with Gasteiger partial charge in [0.15, 0.2) is 0 Å². The number of benzene rings is 1. The predicted molar refractivity (Wildman–Crippen MR) is 64.4 cm³/mol. The highest BCUT2D eigenvalue weighted by molar-refractivity contribution is 5.34. The molecule has 0 amide bonds. The van der Waals surface area contributed by atoms with Crippen LogP contribution in [0.1, 0.15) is 32.4 Å². The van der Waals surface area contributed by atoms with Crippen molar-refractivity contribution in [2.24, 2.45) is 0 Å². The third-order valence-corrected chi connectivity index (χ3v) is 2.95. The smallest absolute Gasteiger partial charge is 0.269 e. The first-order valence-electron chi connectivity index (χ1n) is 5.58. The average molecular weight is 222 g/mol. The first kappa shape index (κ1) is 12.6. The van der Waals surface area contributed by atoms with Gasteiger partial charge in [-0.1, -0.05) is 26.0 Å². The highest BCUT2D eigenvalue weighted by Gasteiger charge is 2.13. The number of hydrogen-bond acceptors (Lipinski definition) is 3. The first-order valence-corrected chi connectivity index (χ1v) is 5.58. The van der Waals surface area contributed by atoms with Crippen LogP contribution in [-0.2, 0) is 0 Å². The average Bonchev–Trinajstić information content (AvgIpc) is 2.30. The third kappa shape index (κ3) is 2.79. The molecule has 1 rings (SSSR count). The van der Waals surface area contributed by atoms with Gasteiger partial charge in [0.2, 0.25) is 0 Å². The summed E-state index contributed by atoms with van der Waals surface area (Å²) in [7, 11) is 0. The van der Waals surface area contributed by atoms with E-state index in [0.717, 1.165) is 18.7 Å². The highest BCUT2D eigenvalue weighted by Crippen LogP contribution is 2.22. The van der Waals surface area contributed by atoms with Gasteiger partial charge in [0.1, 0.15) is 0 Å². The fourth-order valence-electron chi connectivity index (χ4n) is 1.86. The van der Waals surface area contributed by atoms with Crippen molar-refractivity contribution in [2.75, 3.05) is 13.1 Å². The molecule has 1 aromatic carbocycles. The van der Waals surface area contributed by atoms with E-state index < -0.39 is 0 Å². The van der Waals surface area contributed by atoms with E-state index in [9.17, 15) is 10.1 Å². The normalized spacial score (nSPS) is 12.8. The third-order valence-electron chi connectivity index (χ3n) is 2.95. The van der Waals surface area contributed by atoms with Crippen LogP contribution in [0, 0.1) is 10.1 Å². The van der Waals surface area contributed by atoms with Crippen molar-refractivity contribution >= 4 is 5.69 Å². The zero-order valence-electron chi connectivity index (χ0n) is 10.0. The fraction of sp³-hybridized carbons (Fsp3) is 0.500. The summed E-state index contributed by atoms with van der Waals surface area (Å²) in [4.78, 5) is 12.5. The van der Waals surface area contributed by atoms with E-state index in [2.05, 4.69) is 25.7 Å². The van der Waals surface area contributed by atoms with Gasteiger partial charge < -0.3 is 0 Å². The molecule has 16 heavy (non-hydrogen) atoms. The van der Waals surface area contributed by atoms with Gasteiger partial charge >= 0.3 is 0 Å². The molecule has 0 radical (unpaired) electrons. The van der Waals surface area contributed by atoms with Crippen LogP contribution >= 0.6 is 0 Å². The number of nitro groups is 1. The van der Waals surface area contributed by atoms with Gasteiger partial charge in [-0.25, -0.2) is 0 Å². The Morgan fingerprint density at radius 2 is 1.75 bits per heavy atom. The SMILES string of the molecule is CCN(CC)C(C)c1ccc([N+](=O)[O-])cc1. The number of rotatable bonds is 5. The molecule has 0 aliphatic rings. The lowest BCUT2D eigenvalue weighted by Crippen LogP contribution is -2.26. The van der Waals surface area contributed by atoms with Gasteiger partial charge in [-0.05, 0) is 25.6 Å². The van der Waals surface area contributed by atoms with Crippen molar-refractivity contribution in [3.63, 3.8) is 0 Å². The van der Waals surface area contributed by atoms with Crippen LogP contribution in [0.2, 0.25) is 0 Å². The van der Waals surface area contributed by atoms with Gasteiger partial charge in [-0.3, -0.25) is 15.0 Å². The second kappa shape index (κ2) is 5.61. The van der Waals surface area contributed by atoms with E-state index in [0.29, 0.717) is 6.04 Å². The lowest BCUT2D eigenvalue weighted by Gasteiger charge is -2.26. The van der Waals surface area contributed by atoms with Gasteiger partial charge in [-0.2, -0.15) is 0 Å². The Bertz CT molecular complexity index is 345. The molecule has 0 aliphatic heterocycles. The summed E-state index contributed by atoms with van der Waals surface area (Å²) in [6, 6.07) is 7.10. The largest absolute Gasteiger partial charge is 0.297 e. The van der Waals surface area contributed by atoms with Gasteiger partial charge in [-0.15, -0.1) is 0 Å². The number of nitro benzene ring substituents is 1. The van der Waals surface area contributed by atoms with Crippen LogP contribution in [0.5, 0.6) is 0 Å². The van der Waals surface area contributed by atoms with Crippen molar-refractivity contribution in [1.29, 1.82) is 0 Å². The number of non-ortho nitro benzene ring substituents is 1. The minimum Gasteiger partial charge on any atom is -0.297 e. The van der Waals surface area contributed by atoms with Crippen LogP contribution in [0.25, 0.3) is 0 Å². The van der Waals surface area contributed by atoms with Crippen molar-refractivity contribution in [2.45, 2.75) is 26.8 Å². The quantitative estimate of drug-likeness (QED) is 0.568. The van der Waals surface area contributed by atoms with Gasteiger partial charge in [0.05, 0.1) is 4.92 Å². The fourth-order valence-corrected chi connectivity index (χ4v) is 1.86. The molecule has 0 spiro atoms. The Hall–Kier alpha value is -1.42. The Morgan fingerprint density at radius 1 is 1.25 bits per heavy atom. The molecule has 1 aromatic rings. The van der Waals surface area contributed by atoms with Gasteiger partial charge in [0.25, 0.3) is 5.69 Å². The molecule has 4 heteroatoms. The van der Waals surface area contributed by atoms with E-state index >= 15 is 0 Å². The Kier molecular flexibility index (Phi) is 4.43. The van der Waals surface area contributed by atoms with E-state index in [4.69, 9.17) is 0 Å². The maximum Gasteiger partial charge on any atom is 0.269 e. The van der Waals surface area contributed by atoms with Crippen molar-refractivity contribution in [3.8, 4) is 0 Å². The van der Waals surface area contributed by atoms with Crippen LogP contribution < -0.4 is 0 Å². The molecule has 0 saturated heterocycles. The van der Waals surface area contributed by atoms with Crippen molar-refractivity contribution in [1.82, 2.24) is 4.90 Å². The standard InChI is InChI=1S/C12H18N2O2/c1-4-13(5-2)10(3)11-6-8-12(9-7-11)14(15)16/h6-10H,4-5H2,1-3H3. The summed E-state index contributed by atoms with van der Waals surface area (Å²) < 4.78 is 0. The topological polar surface area (TPSA) is 46.4 Å². The van der Waals surface area contributed by atoms with E-state index in [1.807, 2.05) is 12.1 Å². The lowest BCUT2D eigenvalue weighted by atomic mass is 10.1. The molecule has 0 saturated carbocycles. The molecular formula is C12H18N2O2. The van der Waals surface area contributed by atoms with Gasteiger partial charge in [0, 0.05) is 18.2 Å². The maximum atomic E-state index is 10.5. The molecule has 0 N–H and O–H groups in total. The van der Waals surface area contributed by atoms with Crippen molar-refractivity contribution < 1.29 is 4.92 Å². The molecule has 0 aromatic heterocycles. The minimum atomic E-state index is -0.369. The first-order chi connectivity index (χ1) is 7.60. The van der Waals surface area contributed by atoms with Crippen LogP contribution in [-0.4, -0.2) is 22.9 Å². The Labute approximate surface area is 96.0 Å². The molecule has 0 heterocycles. The molecular weight excluding hydrogens is 204 g/mol. The van der Waals surface area contributed by atoms with E-state index in [-0.39, 0.29) is 10.6 Å². The summed E-state index contributed by atoms with van der Waals surface area (Å²) in [6.07, 6.45) is 0. The summed E-state index contributed by atoms with van der Waals surface area (Å²) in [5, 5.41) is 10.5. The summed E-state index contributed by atoms with van der Waals surface area (Å²) in [5.41, 5.74) is 1.27. The second-order valence-electron chi connectivity index (χ2n) is 3.75. The predicted octanol–water partition coefficient (Wildman–Crippen LogP) is 3.00.